The van der Waals surface area contributed by atoms with Crippen LogP contribution in [0.1, 0.15) is 27.6 Å². The molecule has 174 valence electrons. The van der Waals surface area contributed by atoms with Gasteiger partial charge < -0.3 is 24.5 Å². The van der Waals surface area contributed by atoms with Crippen molar-refractivity contribution in [1.82, 2.24) is 4.98 Å². The molecule has 2 aromatic carbocycles. The number of esters is 2. The van der Waals surface area contributed by atoms with Gasteiger partial charge in [0.15, 0.2) is 6.29 Å². The maximum Gasteiger partial charge on any atom is 0.341 e. The van der Waals surface area contributed by atoms with Crippen LogP contribution in [0.2, 0.25) is 0 Å². The maximum absolute atomic E-state index is 11.8. The number of hydrogen-bond acceptors (Lipinski definition) is 8. The van der Waals surface area contributed by atoms with E-state index in [-0.39, 0.29) is 12.6 Å². The molecule has 0 saturated heterocycles. The monoisotopic (exact) mass is 469 g/mol. The van der Waals surface area contributed by atoms with Crippen LogP contribution in [0.3, 0.4) is 0 Å². The number of ether oxygens (including phenoxy) is 2. The standard InChI is InChI=1S/C14H16N2O2.C10H11NO3S/c1-3-18-14(17)11-9-12(16-13(11)15-2)10-7-5-4-6-8-10;1-15-11-9-4-2-3-8(7-9)10(13)14-6-5-12/h4-9,15-16H,3H2,1-2H3;2-5,7,11H,6H2,1H3. The van der Waals surface area contributed by atoms with Crippen molar-refractivity contribution < 1.29 is 23.9 Å². The largest absolute Gasteiger partial charge is 0.462 e. The van der Waals surface area contributed by atoms with Crippen molar-refractivity contribution in [3.63, 3.8) is 0 Å². The number of aldehydes is 1. The van der Waals surface area contributed by atoms with Crippen molar-refractivity contribution in [3.8, 4) is 11.3 Å². The first kappa shape index (κ1) is 25.5. The van der Waals surface area contributed by atoms with Crippen LogP contribution in [0.15, 0.2) is 60.7 Å². The highest BCUT2D eigenvalue weighted by atomic mass is 32.2. The Labute approximate surface area is 197 Å². The molecule has 1 aromatic heterocycles. The van der Waals surface area contributed by atoms with E-state index in [1.54, 1.807) is 38.2 Å². The van der Waals surface area contributed by atoms with Gasteiger partial charge >= 0.3 is 11.9 Å². The molecular formula is C24H27N3O5S. The molecule has 0 radical (unpaired) electrons. The van der Waals surface area contributed by atoms with Crippen LogP contribution in [0, 0.1) is 0 Å². The Morgan fingerprint density at radius 2 is 1.79 bits per heavy atom. The molecular weight excluding hydrogens is 442 g/mol. The van der Waals surface area contributed by atoms with Crippen molar-refractivity contribution in [3.05, 3.63) is 71.8 Å². The number of nitrogens with one attached hydrogen (secondary N) is 3. The number of aromatic nitrogens is 1. The molecule has 3 N–H and O–H groups in total. The molecule has 3 aromatic rings. The minimum absolute atomic E-state index is 0.209. The second-order valence-corrected chi connectivity index (χ2v) is 7.07. The zero-order valence-electron chi connectivity index (χ0n) is 18.7. The Balaban J connectivity index is 0.000000238. The van der Waals surface area contributed by atoms with Crippen LogP contribution in [-0.2, 0) is 14.3 Å². The molecule has 0 aliphatic heterocycles. The fourth-order valence-electron chi connectivity index (χ4n) is 2.82. The number of carbonyl (C=O) groups excluding carboxylic acids is 3. The summed E-state index contributed by atoms with van der Waals surface area (Å²) in [5.41, 5.74) is 3.70. The van der Waals surface area contributed by atoms with Gasteiger partial charge in [-0.15, -0.1) is 0 Å². The van der Waals surface area contributed by atoms with E-state index < -0.39 is 5.97 Å². The average Bonchev–Trinajstić information content (AvgIpc) is 3.29. The minimum atomic E-state index is -0.494. The van der Waals surface area contributed by atoms with E-state index in [1.165, 1.54) is 11.9 Å². The van der Waals surface area contributed by atoms with Gasteiger partial charge in [-0.3, -0.25) is 4.79 Å². The Hall–Kier alpha value is -3.72. The highest BCUT2D eigenvalue weighted by molar-refractivity contribution is 7.99. The smallest absolute Gasteiger partial charge is 0.341 e. The average molecular weight is 470 g/mol. The van der Waals surface area contributed by atoms with Gasteiger partial charge in [0.2, 0.25) is 0 Å². The molecule has 3 rings (SSSR count). The van der Waals surface area contributed by atoms with E-state index in [4.69, 9.17) is 4.74 Å². The number of hydrogen-bond donors (Lipinski definition) is 3. The fraction of sp³-hybridized carbons (Fsp3) is 0.208. The van der Waals surface area contributed by atoms with Gasteiger partial charge in [0.25, 0.3) is 0 Å². The lowest BCUT2D eigenvalue weighted by molar-refractivity contribution is -0.110. The molecule has 0 atom stereocenters. The third kappa shape index (κ3) is 7.73. The molecule has 0 saturated carbocycles. The Morgan fingerprint density at radius 1 is 1.03 bits per heavy atom. The van der Waals surface area contributed by atoms with Crippen molar-refractivity contribution in [2.75, 3.05) is 36.6 Å². The summed E-state index contributed by atoms with van der Waals surface area (Å²) in [4.78, 5) is 36.3. The highest BCUT2D eigenvalue weighted by Gasteiger charge is 2.16. The zero-order valence-corrected chi connectivity index (χ0v) is 19.5. The summed E-state index contributed by atoms with van der Waals surface area (Å²) in [7, 11) is 1.77. The van der Waals surface area contributed by atoms with Gasteiger partial charge in [0.1, 0.15) is 18.0 Å². The number of aromatic amines is 1. The summed E-state index contributed by atoms with van der Waals surface area (Å²) in [6.45, 7) is 1.95. The first-order valence-electron chi connectivity index (χ1n) is 10.2. The summed E-state index contributed by atoms with van der Waals surface area (Å²) < 4.78 is 12.7. The Kier molecular flexibility index (Phi) is 10.6. The Bertz CT molecular complexity index is 1050. The summed E-state index contributed by atoms with van der Waals surface area (Å²) >= 11 is 1.43. The molecule has 8 nitrogen and oxygen atoms in total. The van der Waals surface area contributed by atoms with Crippen molar-refractivity contribution in [2.24, 2.45) is 0 Å². The molecule has 1 heterocycles. The first-order chi connectivity index (χ1) is 16.0. The van der Waals surface area contributed by atoms with E-state index in [0.29, 0.717) is 29.8 Å². The predicted molar refractivity (Wildman–Crippen MR) is 132 cm³/mol. The van der Waals surface area contributed by atoms with Crippen LogP contribution in [-0.4, -0.2) is 49.7 Å². The third-order valence-electron chi connectivity index (χ3n) is 4.25. The lowest BCUT2D eigenvalue weighted by Gasteiger charge is -2.04. The molecule has 9 heteroatoms. The number of rotatable bonds is 9. The van der Waals surface area contributed by atoms with Crippen LogP contribution in [0.4, 0.5) is 11.5 Å². The second-order valence-electron chi connectivity index (χ2n) is 6.46. The molecule has 0 aliphatic carbocycles. The quantitative estimate of drug-likeness (QED) is 0.236. The molecule has 0 amide bonds. The molecule has 0 fully saturated rings. The normalized spacial score (nSPS) is 9.79. The van der Waals surface area contributed by atoms with Crippen LogP contribution in [0.25, 0.3) is 11.3 Å². The van der Waals surface area contributed by atoms with Crippen LogP contribution >= 0.6 is 11.9 Å². The van der Waals surface area contributed by atoms with Crippen molar-refractivity contribution in [2.45, 2.75) is 6.92 Å². The van der Waals surface area contributed by atoms with Crippen molar-refractivity contribution in [1.29, 1.82) is 0 Å². The van der Waals surface area contributed by atoms with Gasteiger partial charge in [-0.2, -0.15) is 0 Å². The lowest BCUT2D eigenvalue weighted by Crippen LogP contribution is -2.07. The number of benzene rings is 2. The topological polar surface area (TPSA) is 110 Å². The zero-order chi connectivity index (χ0) is 24.1. The summed E-state index contributed by atoms with van der Waals surface area (Å²) in [5.74, 6) is -0.139. The lowest BCUT2D eigenvalue weighted by atomic mass is 10.1. The molecule has 0 unspecified atom stereocenters. The van der Waals surface area contributed by atoms with Gasteiger partial charge in [0.05, 0.1) is 12.2 Å². The molecule has 0 spiro atoms. The van der Waals surface area contributed by atoms with E-state index in [1.807, 2.05) is 42.7 Å². The number of carbonyl (C=O) groups is 3. The number of H-pyrrole nitrogens is 1. The highest BCUT2D eigenvalue weighted by Crippen LogP contribution is 2.25. The Morgan fingerprint density at radius 3 is 2.42 bits per heavy atom. The van der Waals surface area contributed by atoms with Crippen molar-refractivity contribution >= 4 is 41.7 Å². The maximum atomic E-state index is 11.8. The van der Waals surface area contributed by atoms with E-state index >= 15 is 0 Å². The molecule has 0 bridgehead atoms. The summed E-state index contributed by atoms with van der Waals surface area (Å²) in [6.07, 6.45) is 2.43. The van der Waals surface area contributed by atoms with Crippen LogP contribution < -0.4 is 10.0 Å². The van der Waals surface area contributed by atoms with E-state index in [0.717, 1.165) is 16.9 Å². The van der Waals surface area contributed by atoms with Crippen LogP contribution in [0.5, 0.6) is 0 Å². The van der Waals surface area contributed by atoms with E-state index in [2.05, 4.69) is 19.8 Å². The third-order valence-corrected chi connectivity index (χ3v) is 4.69. The minimum Gasteiger partial charge on any atom is -0.462 e. The van der Waals surface area contributed by atoms with Gasteiger partial charge in [0, 0.05) is 24.7 Å². The molecule has 33 heavy (non-hydrogen) atoms. The SMILES string of the molecule is CCOC(=O)c1cc(-c2ccccc2)[nH]c1NC.CSNc1cccc(C(=O)OCC=O)c1. The van der Waals surface area contributed by atoms with Gasteiger partial charge in [-0.25, -0.2) is 9.59 Å². The summed E-state index contributed by atoms with van der Waals surface area (Å²) in [6, 6.07) is 18.5. The number of anilines is 2. The van der Waals surface area contributed by atoms with E-state index in [9.17, 15) is 14.4 Å². The van der Waals surface area contributed by atoms with Gasteiger partial charge in [-0.05, 0) is 36.8 Å². The predicted octanol–water partition coefficient (Wildman–Crippen LogP) is 4.63. The first-order valence-corrected chi connectivity index (χ1v) is 11.4. The fourth-order valence-corrected chi connectivity index (χ4v) is 3.18. The van der Waals surface area contributed by atoms with Gasteiger partial charge in [-0.1, -0.05) is 48.3 Å². The summed E-state index contributed by atoms with van der Waals surface area (Å²) in [5, 5.41) is 2.97. The second kappa shape index (κ2) is 13.6. The molecule has 0 aliphatic rings.